The van der Waals surface area contributed by atoms with Gasteiger partial charge < -0.3 is 9.47 Å². The number of rotatable bonds is 4. The molecule has 0 amide bonds. The zero-order valence-electron chi connectivity index (χ0n) is 16.1. The molecule has 0 N–H and O–H groups in total. The third kappa shape index (κ3) is 3.22. The Hall–Kier alpha value is -1.61. The molecule has 0 unspecified atom stereocenters. The van der Waals surface area contributed by atoms with E-state index in [1.54, 1.807) is 0 Å². The van der Waals surface area contributed by atoms with Crippen LogP contribution >= 0.6 is 0 Å². The zero-order chi connectivity index (χ0) is 18.3. The molecule has 2 bridgehead atoms. The van der Waals surface area contributed by atoms with Crippen molar-refractivity contribution >= 4 is 5.97 Å². The highest BCUT2D eigenvalue weighted by atomic mass is 16.6. The number of esters is 1. The predicted molar refractivity (Wildman–Crippen MR) is 102 cm³/mol. The predicted octanol–water partition coefficient (Wildman–Crippen LogP) is 4.66. The van der Waals surface area contributed by atoms with Crippen molar-refractivity contribution in [1.29, 1.82) is 0 Å². The number of fused-ring (bicyclic) bond motifs is 2. The van der Waals surface area contributed by atoms with E-state index in [9.17, 15) is 4.79 Å². The van der Waals surface area contributed by atoms with Gasteiger partial charge in [0.25, 0.3) is 0 Å². The van der Waals surface area contributed by atoms with Crippen molar-refractivity contribution in [2.24, 2.45) is 17.8 Å². The first-order chi connectivity index (χ1) is 12.4. The van der Waals surface area contributed by atoms with Gasteiger partial charge in [-0.25, -0.2) is 0 Å². The molecule has 2 aliphatic heterocycles. The first-order valence-corrected chi connectivity index (χ1v) is 10.0. The van der Waals surface area contributed by atoms with E-state index in [1.165, 1.54) is 12.0 Å². The minimum Gasteiger partial charge on any atom is -0.462 e. The molecule has 1 saturated heterocycles. The maximum absolute atomic E-state index is 12.9. The van der Waals surface area contributed by atoms with Crippen molar-refractivity contribution in [3.63, 3.8) is 0 Å². The van der Waals surface area contributed by atoms with Crippen LogP contribution in [0.1, 0.15) is 52.0 Å². The molecule has 4 rings (SSSR count). The van der Waals surface area contributed by atoms with E-state index in [1.807, 2.05) is 6.08 Å². The quantitative estimate of drug-likeness (QED) is 0.583. The van der Waals surface area contributed by atoms with E-state index < -0.39 is 0 Å². The van der Waals surface area contributed by atoms with E-state index in [0.717, 1.165) is 19.3 Å². The summed E-state index contributed by atoms with van der Waals surface area (Å²) >= 11 is 0. The Morgan fingerprint density at radius 3 is 2.54 bits per heavy atom. The minimum atomic E-state index is -0.122. The maximum Gasteiger partial charge on any atom is 0.312 e. The van der Waals surface area contributed by atoms with E-state index in [4.69, 9.17) is 9.47 Å². The van der Waals surface area contributed by atoms with Crippen molar-refractivity contribution in [2.75, 3.05) is 0 Å². The molecule has 0 spiro atoms. The summed E-state index contributed by atoms with van der Waals surface area (Å²) in [7, 11) is 0. The first kappa shape index (κ1) is 17.8. The number of hydrogen-bond acceptors (Lipinski definition) is 3. The summed E-state index contributed by atoms with van der Waals surface area (Å²) in [5, 5.41) is 0. The maximum atomic E-state index is 12.9. The summed E-state index contributed by atoms with van der Waals surface area (Å²) in [6.45, 7) is 6.87. The fourth-order valence-electron chi connectivity index (χ4n) is 5.11. The molecule has 1 aromatic carbocycles. The van der Waals surface area contributed by atoms with Gasteiger partial charge in [-0.1, -0.05) is 69.7 Å². The van der Waals surface area contributed by atoms with Gasteiger partial charge in [0.2, 0.25) is 0 Å². The van der Waals surface area contributed by atoms with Gasteiger partial charge in [0.05, 0.1) is 18.1 Å². The second-order valence-electron chi connectivity index (χ2n) is 8.95. The van der Waals surface area contributed by atoms with E-state index in [-0.39, 0.29) is 35.6 Å². The average Bonchev–Trinajstić information content (AvgIpc) is 3.26. The molecule has 1 aromatic rings. The van der Waals surface area contributed by atoms with Crippen LogP contribution in [-0.4, -0.2) is 24.3 Å². The zero-order valence-corrected chi connectivity index (χ0v) is 16.1. The number of carbonyl (C=O) groups is 1. The van der Waals surface area contributed by atoms with Crippen LogP contribution in [0, 0.1) is 17.8 Å². The lowest BCUT2D eigenvalue weighted by atomic mass is 9.64. The third-order valence-corrected chi connectivity index (χ3v) is 6.80. The van der Waals surface area contributed by atoms with E-state index in [2.05, 4.69) is 57.2 Å². The SMILES string of the molecule is C[C@@H]1CC[C@@H](C(C)(C)c2ccccc2)[C@H](OC(=O)[C@H]2C[C@H]3C=C[C@@H]2O3)C1. The highest BCUT2D eigenvalue weighted by molar-refractivity contribution is 5.74. The second-order valence-corrected chi connectivity index (χ2v) is 8.95. The standard InChI is InChI=1S/C23H30O3/c1-15-9-11-19(23(2,3)16-7-5-4-6-8-16)21(13-15)26-22(24)18-14-17-10-12-20(18)25-17/h4-8,10,12,15,17-21H,9,11,13-14H2,1-3H3/t15-,17-,18+,19-,20+,21-/m1/s1. The minimum absolute atomic E-state index is 0.00966. The van der Waals surface area contributed by atoms with Crippen molar-refractivity contribution in [3.8, 4) is 0 Å². The smallest absolute Gasteiger partial charge is 0.312 e. The first-order valence-electron chi connectivity index (χ1n) is 10.0. The molecule has 2 fully saturated rings. The van der Waals surface area contributed by atoms with Crippen molar-refractivity contribution in [3.05, 3.63) is 48.0 Å². The van der Waals surface area contributed by atoms with Gasteiger partial charge in [-0.3, -0.25) is 4.79 Å². The molecule has 0 aromatic heterocycles. The van der Waals surface area contributed by atoms with Crippen LogP contribution in [0.3, 0.4) is 0 Å². The van der Waals surface area contributed by atoms with Gasteiger partial charge in [-0.05, 0) is 36.2 Å². The average molecular weight is 354 g/mol. The van der Waals surface area contributed by atoms with Gasteiger partial charge in [-0.2, -0.15) is 0 Å². The molecule has 140 valence electrons. The number of carbonyl (C=O) groups excluding carboxylic acids is 1. The Balaban J connectivity index is 1.52. The number of ether oxygens (including phenoxy) is 2. The molecular formula is C23H30O3. The number of benzene rings is 1. The number of hydrogen-bond donors (Lipinski definition) is 0. The lowest BCUT2D eigenvalue weighted by molar-refractivity contribution is -0.162. The fraction of sp³-hybridized carbons (Fsp3) is 0.609. The topological polar surface area (TPSA) is 35.5 Å². The lowest BCUT2D eigenvalue weighted by Gasteiger charge is -2.44. The van der Waals surface area contributed by atoms with Gasteiger partial charge in [-0.15, -0.1) is 0 Å². The summed E-state index contributed by atoms with van der Waals surface area (Å²) in [5.74, 6) is 0.768. The molecular weight excluding hydrogens is 324 g/mol. The van der Waals surface area contributed by atoms with Crippen molar-refractivity contribution < 1.29 is 14.3 Å². The molecule has 0 radical (unpaired) electrons. The third-order valence-electron chi connectivity index (χ3n) is 6.80. The summed E-state index contributed by atoms with van der Waals surface area (Å²) in [4.78, 5) is 12.9. The Morgan fingerprint density at radius 1 is 1.12 bits per heavy atom. The molecule has 1 aliphatic carbocycles. The van der Waals surface area contributed by atoms with Crippen molar-refractivity contribution in [1.82, 2.24) is 0 Å². The van der Waals surface area contributed by atoms with Crippen LogP contribution in [0.15, 0.2) is 42.5 Å². The Bertz CT molecular complexity index is 678. The molecule has 6 atom stereocenters. The van der Waals surface area contributed by atoms with Crippen LogP contribution < -0.4 is 0 Å². The highest BCUT2D eigenvalue weighted by Crippen LogP contribution is 2.44. The van der Waals surface area contributed by atoms with Gasteiger partial charge in [0.15, 0.2) is 0 Å². The summed E-state index contributed by atoms with van der Waals surface area (Å²) in [6, 6.07) is 10.7. The molecule has 3 aliphatic rings. The van der Waals surface area contributed by atoms with E-state index >= 15 is 0 Å². The van der Waals surface area contributed by atoms with Crippen LogP contribution in [0.2, 0.25) is 0 Å². The Kier molecular flexibility index (Phi) is 4.68. The van der Waals surface area contributed by atoms with Crippen LogP contribution in [0.25, 0.3) is 0 Å². The van der Waals surface area contributed by atoms with Gasteiger partial charge in [0.1, 0.15) is 6.10 Å². The molecule has 1 saturated carbocycles. The monoisotopic (exact) mass is 354 g/mol. The summed E-state index contributed by atoms with van der Waals surface area (Å²) in [6.07, 6.45) is 8.16. The Morgan fingerprint density at radius 2 is 1.88 bits per heavy atom. The van der Waals surface area contributed by atoms with Gasteiger partial charge >= 0.3 is 5.97 Å². The Labute approximate surface area is 156 Å². The highest BCUT2D eigenvalue weighted by Gasteiger charge is 2.46. The molecule has 3 heteroatoms. The van der Waals surface area contributed by atoms with Crippen LogP contribution in [-0.2, 0) is 19.7 Å². The fourth-order valence-corrected chi connectivity index (χ4v) is 5.11. The summed E-state index contributed by atoms with van der Waals surface area (Å²) in [5.41, 5.74) is 1.31. The van der Waals surface area contributed by atoms with Crippen LogP contribution in [0.4, 0.5) is 0 Å². The second kappa shape index (κ2) is 6.84. The molecule has 2 heterocycles. The summed E-state index contributed by atoms with van der Waals surface area (Å²) < 4.78 is 11.9. The van der Waals surface area contributed by atoms with E-state index in [0.29, 0.717) is 11.8 Å². The molecule has 26 heavy (non-hydrogen) atoms. The largest absolute Gasteiger partial charge is 0.462 e. The van der Waals surface area contributed by atoms with Crippen LogP contribution in [0.5, 0.6) is 0 Å². The molecule has 3 nitrogen and oxygen atoms in total. The van der Waals surface area contributed by atoms with Crippen molar-refractivity contribution in [2.45, 2.75) is 70.2 Å². The lowest BCUT2D eigenvalue weighted by Crippen LogP contribution is -2.44. The van der Waals surface area contributed by atoms with Gasteiger partial charge in [0, 0.05) is 5.92 Å². The normalized spacial score (nSPS) is 36.3.